The Labute approximate surface area is 119 Å². The molecule has 1 rings (SSSR count). The van der Waals surface area contributed by atoms with Crippen LogP contribution in [-0.4, -0.2) is 29.0 Å². The molecule has 3 nitrogen and oxygen atoms in total. The second-order valence-corrected chi connectivity index (χ2v) is 10.9. The Bertz CT molecular complexity index is 405. The summed E-state index contributed by atoms with van der Waals surface area (Å²) in [6.45, 7) is 7.86. The molecule has 0 bridgehead atoms. The molecule has 0 aliphatic rings. The molecule has 1 aromatic rings. The summed E-state index contributed by atoms with van der Waals surface area (Å²) < 4.78 is 11.6. The molecule has 0 aliphatic heterocycles. The predicted molar refractivity (Wildman–Crippen MR) is 82.3 cm³/mol. The standard InChI is InChI=1S/C13H22BrNO2Si/c1-16-12-9-11(14)13(17-2)8-10(12)6-7-15-18(3,4)5/h8-9,15H,6-7H2,1-5H3. The van der Waals surface area contributed by atoms with Crippen molar-refractivity contribution in [1.29, 1.82) is 0 Å². The number of hydrogen-bond donors (Lipinski definition) is 1. The molecular formula is C13H22BrNO2Si. The molecule has 5 heteroatoms. The van der Waals surface area contributed by atoms with Crippen molar-refractivity contribution in [2.75, 3.05) is 20.8 Å². The quantitative estimate of drug-likeness (QED) is 0.810. The van der Waals surface area contributed by atoms with Gasteiger partial charge in [0, 0.05) is 0 Å². The number of rotatable bonds is 6. The highest BCUT2D eigenvalue weighted by Gasteiger charge is 2.13. The van der Waals surface area contributed by atoms with Crippen LogP contribution in [-0.2, 0) is 6.42 Å². The van der Waals surface area contributed by atoms with Gasteiger partial charge in [0.2, 0.25) is 0 Å². The summed E-state index contributed by atoms with van der Waals surface area (Å²) in [5.41, 5.74) is 1.17. The zero-order valence-corrected chi connectivity index (χ0v) is 14.3. The van der Waals surface area contributed by atoms with Gasteiger partial charge >= 0.3 is 0 Å². The van der Waals surface area contributed by atoms with Gasteiger partial charge in [-0.25, -0.2) is 0 Å². The number of methoxy groups -OCH3 is 2. The van der Waals surface area contributed by atoms with E-state index in [1.807, 2.05) is 12.1 Å². The van der Waals surface area contributed by atoms with E-state index in [0.29, 0.717) is 0 Å². The lowest BCUT2D eigenvalue weighted by Gasteiger charge is -2.19. The molecular weight excluding hydrogens is 310 g/mol. The average Bonchev–Trinajstić information content (AvgIpc) is 2.28. The number of halogens is 1. The van der Waals surface area contributed by atoms with Gasteiger partial charge in [0.15, 0.2) is 0 Å². The minimum absolute atomic E-state index is 0.846. The summed E-state index contributed by atoms with van der Waals surface area (Å²) in [6.07, 6.45) is 0.942. The Balaban J connectivity index is 2.80. The van der Waals surface area contributed by atoms with E-state index in [2.05, 4.69) is 40.6 Å². The van der Waals surface area contributed by atoms with Crippen LogP contribution < -0.4 is 14.5 Å². The van der Waals surface area contributed by atoms with E-state index in [1.54, 1.807) is 14.2 Å². The van der Waals surface area contributed by atoms with Crippen molar-refractivity contribution in [2.24, 2.45) is 0 Å². The Morgan fingerprint density at radius 3 is 2.22 bits per heavy atom. The lowest BCUT2D eigenvalue weighted by atomic mass is 10.1. The third kappa shape index (κ3) is 4.63. The van der Waals surface area contributed by atoms with Crippen molar-refractivity contribution in [3.05, 3.63) is 22.2 Å². The van der Waals surface area contributed by atoms with E-state index in [0.717, 1.165) is 28.9 Å². The van der Waals surface area contributed by atoms with Crippen LogP contribution in [0.1, 0.15) is 5.56 Å². The van der Waals surface area contributed by atoms with Gasteiger partial charge in [0.1, 0.15) is 19.7 Å². The highest BCUT2D eigenvalue weighted by atomic mass is 79.9. The molecule has 1 N–H and O–H groups in total. The molecule has 0 amide bonds. The Morgan fingerprint density at radius 1 is 1.11 bits per heavy atom. The van der Waals surface area contributed by atoms with Crippen LogP contribution in [0, 0.1) is 0 Å². The minimum Gasteiger partial charge on any atom is -0.496 e. The summed E-state index contributed by atoms with van der Waals surface area (Å²) in [4.78, 5) is 3.60. The van der Waals surface area contributed by atoms with Crippen molar-refractivity contribution in [2.45, 2.75) is 26.1 Å². The highest BCUT2D eigenvalue weighted by molar-refractivity contribution is 9.10. The van der Waals surface area contributed by atoms with Crippen molar-refractivity contribution in [3.8, 4) is 11.5 Å². The normalized spacial score (nSPS) is 11.4. The van der Waals surface area contributed by atoms with Crippen LogP contribution >= 0.6 is 15.9 Å². The zero-order chi connectivity index (χ0) is 13.8. The van der Waals surface area contributed by atoms with Gasteiger partial charge in [-0.15, -0.1) is 0 Å². The number of ether oxygens (including phenoxy) is 2. The number of hydrogen-bond acceptors (Lipinski definition) is 3. The fourth-order valence-corrected chi connectivity index (χ4v) is 3.05. The molecule has 0 fully saturated rings. The van der Waals surface area contributed by atoms with Crippen molar-refractivity contribution in [3.63, 3.8) is 0 Å². The summed E-state index contributed by atoms with van der Waals surface area (Å²) in [5.74, 6) is 1.75. The average molecular weight is 332 g/mol. The summed E-state index contributed by atoms with van der Waals surface area (Å²) in [7, 11) is 2.17. The lowest BCUT2D eigenvalue weighted by molar-refractivity contribution is 0.396. The highest BCUT2D eigenvalue weighted by Crippen LogP contribution is 2.32. The first-order valence-corrected chi connectivity index (χ1v) is 10.3. The smallest absolute Gasteiger partial charge is 0.133 e. The zero-order valence-electron chi connectivity index (χ0n) is 11.8. The SMILES string of the molecule is COc1cc(CCN[Si](C)(C)C)c(OC)cc1Br. The van der Waals surface area contributed by atoms with Crippen LogP contribution in [0.3, 0.4) is 0 Å². The second-order valence-electron chi connectivity index (χ2n) is 5.23. The van der Waals surface area contributed by atoms with E-state index in [1.165, 1.54) is 5.56 Å². The first-order valence-electron chi connectivity index (χ1n) is 6.03. The molecule has 0 unspecified atom stereocenters. The molecule has 1 aromatic carbocycles. The maximum Gasteiger partial charge on any atom is 0.133 e. The van der Waals surface area contributed by atoms with Crippen LogP contribution in [0.4, 0.5) is 0 Å². The monoisotopic (exact) mass is 331 g/mol. The molecule has 0 atom stereocenters. The van der Waals surface area contributed by atoms with E-state index in [4.69, 9.17) is 9.47 Å². The summed E-state index contributed by atoms with van der Waals surface area (Å²) in [6, 6.07) is 4.00. The number of benzene rings is 1. The van der Waals surface area contributed by atoms with Crippen LogP contribution in [0.15, 0.2) is 16.6 Å². The van der Waals surface area contributed by atoms with Gasteiger partial charge in [0.25, 0.3) is 0 Å². The fraction of sp³-hybridized carbons (Fsp3) is 0.538. The van der Waals surface area contributed by atoms with Gasteiger partial charge in [-0.1, -0.05) is 19.6 Å². The van der Waals surface area contributed by atoms with Gasteiger partial charge in [-0.3, -0.25) is 0 Å². The molecule has 0 aromatic heterocycles. The maximum atomic E-state index is 5.41. The van der Waals surface area contributed by atoms with Gasteiger partial charge in [-0.05, 0) is 46.6 Å². The summed E-state index contributed by atoms with van der Waals surface area (Å²) >= 11 is 3.47. The molecule has 0 saturated heterocycles. The van der Waals surface area contributed by atoms with Crippen LogP contribution in [0.25, 0.3) is 0 Å². The first kappa shape index (κ1) is 15.5. The number of nitrogens with one attached hydrogen (secondary N) is 1. The first-order chi connectivity index (χ1) is 8.37. The Hall–Kier alpha value is -0.523. The molecule has 18 heavy (non-hydrogen) atoms. The summed E-state index contributed by atoms with van der Waals surface area (Å²) in [5, 5.41) is 0. The van der Waals surface area contributed by atoms with Crippen LogP contribution in [0.2, 0.25) is 19.6 Å². The van der Waals surface area contributed by atoms with Gasteiger partial charge in [0.05, 0.1) is 18.7 Å². The van der Waals surface area contributed by atoms with Gasteiger partial charge in [-0.2, -0.15) is 0 Å². The lowest BCUT2D eigenvalue weighted by Crippen LogP contribution is -2.42. The third-order valence-corrected chi connectivity index (χ3v) is 4.53. The fourth-order valence-electron chi connectivity index (χ4n) is 1.69. The molecule has 0 radical (unpaired) electrons. The van der Waals surface area contributed by atoms with E-state index in [-0.39, 0.29) is 0 Å². The van der Waals surface area contributed by atoms with E-state index < -0.39 is 8.24 Å². The van der Waals surface area contributed by atoms with Crippen molar-refractivity contribution in [1.82, 2.24) is 4.98 Å². The van der Waals surface area contributed by atoms with Crippen molar-refractivity contribution >= 4 is 24.2 Å². The Morgan fingerprint density at radius 2 is 1.72 bits per heavy atom. The predicted octanol–water partition coefficient (Wildman–Crippen LogP) is 3.43. The second kappa shape index (κ2) is 6.59. The minimum atomic E-state index is -1.20. The van der Waals surface area contributed by atoms with E-state index >= 15 is 0 Å². The Kier molecular flexibility index (Phi) is 5.69. The molecule has 0 heterocycles. The molecule has 0 aliphatic carbocycles. The maximum absolute atomic E-state index is 5.41. The molecule has 0 saturated carbocycles. The molecule has 102 valence electrons. The van der Waals surface area contributed by atoms with Crippen molar-refractivity contribution < 1.29 is 9.47 Å². The third-order valence-electron chi connectivity index (χ3n) is 2.60. The van der Waals surface area contributed by atoms with E-state index in [9.17, 15) is 0 Å². The van der Waals surface area contributed by atoms with Crippen LogP contribution in [0.5, 0.6) is 11.5 Å². The van der Waals surface area contributed by atoms with Gasteiger partial charge < -0.3 is 14.5 Å². The topological polar surface area (TPSA) is 30.5 Å². The molecule has 0 spiro atoms. The largest absolute Gasteiger partial charge is 0.496 e.